The molecule has 0 bridgehead atoms. The van der Waals surface area contributed by atoms with Gasteiger partial charge in [-0.15, -0.1) is 0 Å². The Kier molecular flexibility index (Phi) is 3.33. The molecule has 94 valence electrons. The van der Waals surface area contributed by atoms with E-state index in [1.54, 1.807) is 0 Å². The van der Waals surface area contributed by atoms with Crippen LogP contribution in [0.25, 0.3) is 0 Å². The molecule has 0 unspecified atom stereocenters. The first-order valence-electron chi connectivity index (χ1n) is 4.89. The van der Waals surface area contributed by atoms with Gasteiger partial charge in [-0.1, -0.05) is 25.7 Å². The van der Waals surface area contributed by atoms with Gasteiger partial charge in [-0.3, -0.25) is 10.1 Å². The van der Waals surface area contributed by atoms with Gasteiger partial charge in [-0.25, -0.2) is 0 Å². The molecule has 0 aliphatic heterocycles. The van der Waals surface area contributed by atoms with Crippen LogP contribution in [0.3, 0.4) is 0 Å². The van der Waals surface area contributed by atoms with Gasteiger partial charge < -0.3 is 0 Å². The minimum absolute atomic E-state index is 0.426. The summed E-state index contributed by atoms with van der Waals surface area (Å²) in [4.78, 5) is 10.1. The minimum atomic E-state index is -4.55. The van der Waals surface area contributed by atoms with Crippen LogP contribution in [0, 0.1) is 10.1 Å². The Morgan fingerprint density at radius 1 is 1.24 bits per heavy atom. The van der Waals surface area contributed by atoms with Crippen molar-refractivity contribution in [1.29, 1.82) is 0 Å². The topological polar surface area (TPSA) is 43.1 Å². The molecule has 0 amide bonds. The van der Waals surface area contributed by atoms with Crippen molar-refractivity contribution >= 4 is 18.9 Å². The van der Waals surface area contributed by atoms with Gasteiger partial charge in [-0.05, 0) is 6.07 Å². The quantitative estimate of drug-likeness (QED) is 0.467. The minimum Gasteiger partial charge on any atom is -0.258 e. The lowest BCUT2D eigenvalue weighted by atomic mass is 10.2. The molecule has 0 saturated heterocycles. The molecule has 7 heteroatoms. The van der Waals surface area contributed by atoms with Crippen molar-refractivity contribution in [3.63, 3.8) is 0 Å². The lowest BCUT2D eigenvalue weighted by Gasteiger charge is -2.17. The zero-order valence-electron chi connectivity index (χ0n) is 9.63. The average molecular weight is 263 g/mol. The summed E-state index contributed by atoms with van der Waals surface area (Å²) >= 11 is 0. The fourth-order valence-electron chi connectivity index (χ4n) is 1.49. The third-order valence-corrected chi connectivity index (χ3v) is 4.37. The number of benzene rings is 1. The van der Waals surface area contributed by atoms with E-state index in [0.717, 1.165) is 6.07 Å². The smallest absolute Gasteiger partial charge is 0.258 e. The number of hydrogen-bond donors (Lipinski definition) is 0. The first-order chi connectivity index (χ1) is 7.53. The van der Waals surface area contributed by atoms with Crippen LogP contribution in [-0.4, -0.2) is 13.0 Å². The molecule has 0 spiro atoms. The maximum absolute atomic E-state index is 12.4. The van der Waals surface area contributed by atoms with Crippen LogP contribution >= 0.6 is 0 Å². The zero-order chi connectivity index (χ0) is 13.4. The van der Waals surface area contributed by atoms with Gasteiger partial charge in [0.1, 0.15) is 0 Å². The molecule has 0 N–H and O–H groups in total. The van der Waals surface area contributed by atoms with Crippen molar-refractivity contribution in [3.8, 4) is 0 Å². The molecule has 0 radical (unpaired) electrons. The fourth-order valence-corrected chi connectivity index (χ4v) is 3.01. The normalized spacial score (nSPS) is 12.6. The lowest BCUT2D eigenvalue weighted by Crippen LogP contribution is -2.39. The van der Waals surface area contributed by atoms with Gasteiger partial charge in [0.25, 0.3) is 5.69 Å². The van der Waals surface area contributed by atoms with E-state index in [4.69, 9.17) is 0 Å². The van der Waals surface area contributed by atoms with E-state index in [1.165, 1.54) is 6.07 Å². The Morgan fingerprint density at radius 2 is 1.76 bits per heavy atom. The molecule has 1 aromatic rings. The van der Waals surface area contributed by atoms with Crippen molar-refractivity contribution in [2.45, 2.75) is 25.8 Å². The zero-order valence-corrected chi connectivity index (χ0v) is 10.6. The number of halogens is 3. The maximum Gasteiger partial charge on any atom is 0.416 e. The Hall–Kier alpha value is -1.37. The number of rotatable bonds is 2. The summed E-state index contributed by atoms with van der Waals surface area (Å²) in [5.41, 5.74) is -1.41. The third kappa shape index (κ3) is 3.06. The first-order valence-corrected chi connectivity index (χ1v) is 8.39. The van der Waals surface area contributed by atoms with Gasteiger partial charge in [0.15, 0.2) is 0 Å². The van der Waals surface area contributed by atoms with Gasteiger partial charge in [0, 0.05) is 11.3 Å². The number of hydrogen-bond acceptors (Lipinski definition) is 2. The molecule has 0 aromatic heterocycles. The Bertz CT molecular complexity index is 452. The molecule has 0 atom stereocenters. The number of nitro groups is 1. The largest absolute Gasteiger partial charge is 0.416 e. The molecule has 17 heavy (non-hydrogen) atoms. The second-order valence-electron chi connectivity index (χ2n) is 4.74. The van der Waals surface area contributed by atoms with E-state index < -0.39 is 30.4 Å². The van der Waals surface area contributed by atoms with Gasteiger partial charge >= 0.3 is 6.18 Å². The predicted octanol–water partition coefficient (Wildman–Crippen LogP) is 3.16. The van der Waals surface area contributed by atoms with E-state index in [-0.39, 0.29) is 0 Å². The Balaban J connectivity index is 3.43. The lowest BCUT2D eigenvalue weighted by molar-refractivity contribution is -0.383. The molecule has 0 heterocycles. The van der Waals surface area contributed by atoms with Crippen molar-refractivity contribution in [1.82, 2.24) is 0 Å². The second kappa shape index (κ2) is 4.14. The molecule has 0 fully saturated rings. The van der Waals surface area contributed by atoms with Crippen LogP contribution in [0.1, 0.15) is 5.56 Å². The fraction of sp³-hybridized carbons (Fsp3) is 0.400. The van der Waals surface area contributed by atoms with Gasteiger partial charge in [0.2, 0.25) is 0 Å². The highest BCUT2D eigenvalue weighted by molar-refractivity contribution is 6.89. The highest BCUT2D eigenvalue weighted by Gasteiger charge is 2.35. The Labute approximate surface area is 97.4 Å². The highest BCUT2D eigenvalue weighted by Crippen LogP contribution is 2.31. The van der Waals surface area contributed by atoms with Crippen molar-refractivity contribution < 1.29 is 18.1 Å². The van der Waals surface area contributed by atoms with Gasteiger partial charge in [-0.2, -0.15) is 13.2 Å². The highest BCUT2D eigenvalue weighted by atomic mass is 28.3. The van der Waals surface area contributed by atoms with Crippen molar-refractivity contribution in [3.05, 3.63) is 33.9 Å². The van der Waals surface area contributed by atoms with Crippen LogP contribution in [0.5, 0.6) is 0 Å². The second-order valence-corrected chi connectivity index (χ2v) is 9.78. The maximum atomic E-state index is 12.4. The Morgan fingerprint density at radius 3 is 2.12 bits per heavy atom. The predicted molar refractivity (Wildman–Crippen MR) is 61.1 cm³/mol. The van der Waals surface area contributed by atoms with Gasteiger partial charge in [0.05, 0.1) is 18.6 Å². The summed E-state index contributed by atoms with van der Waals surface area (Å²) in [6.07, 6.45) is -4.55. The SMILES string of the molecule is C[Si](C)(C)c1ccc(C(F)(F)F)cc1[N+](=O)[O-]. The van der Waals surface area contributed by atoms with Crippen LogP contribution in [0.15, 0.2) is 18.2 Å². The molecule has 3 nitrogen and oxygen atoms in total. The number of nitro benzene ring substituents is 1. The van der Waals surface area contributed by atoms with Crippen LogP contribution in [0.2, 0.25) is 19.6 Å². The average Bonchev–Trinajstić information content (AvgIpc) is 2.14. The number of nitrogens with zero attached hydrogens (tertiary/aromatic N) is 1. The van der Waals surface area contributed by atoms with E-state index in [0.29, 0.717) is 11.3 Å². The van der Waals surface area contributed by atoms with Crippen molar-refractivity contribution in [2.75, 3.05) is 0 Å². The van der Waals surface area contributed by atoms with Crippen molar-refractivity contribution in [2.24, 2.45) is 0 Å². The molecule has 1 rings (SSSR count). The van der Waals surface area contributed by atoms with Crippen LogP contribution in [-0.2, 0) is 6.18 Å². The summed E-state index contributed by atoms with van der Waals surface area (Å²) in [7, 11) is -2.03. The summed E-state index contributed by atoms with van der Waals surface area (Å²) in [5, 5.41) is 11.2. The molecular formula is C10H12F3NO2Si. The standard InChI is InChI=1S/C10H12F3NO2Si/c1-17(2,3)9-5-4-7(10(11,12)13)6-8(9)14(15)16/h4-6H,1-3H3. The summed E-state index contributed by atoms with van der Waals surface area (Å²) in [6.45, 7) is 5.55. The summed E-state index contributed by atoms with van der Waals surface area (Å²) in [6, 6.07) is 2.75. The molecule has 0 saturated carbocycles. The van der Waals surface area contributed by atoms with E-state index >= 15 is 0 Å². The van der Waals surface area contributed by atoms with Crippen LogP contribution in [0.4, 0.5) is 18.9 Å². The molecule has 0 aliphatic carbocycles. The summed E-state index contributed by atoms with van der Waals surface area (Å²) < 4.78 is 37.3. The summed E-state index contributed by atoms with van der Waals surface area (Å²) in [5.74, 6) is 0. The monoisotopic (exact) mass is 263 g/mol. The molecular weight excluding hydrogens is 251 g/mol. The van der Waals surface area contributed by atoms with Crippen LogP contribution < -0.4 is 5.19 Å². The molecule has 0 aliphatic rings. The van der Waals surface area contributed by atoms with E-state index in [1.807, 2.05) is 19.6 Å². The third-order valence-electron chi connectivity index (χ3n) is 2.33. The number of alkyl halides is 3. The first kappa shape index (κ1) is 13.7. The van der Waals surface area contributed by atoms with E-state index in [2.05, 4.69) is 0 Å². The molecule has 1 aromatic carbocycles. The van der Waals surface area contributed by atoms with E-state index in [9.17, 15) is 23.3 Å².